The van der Waals surface area contributed by atoms with Gasteiger partial charge in [0, 0.05) is 19.3 Å². The van der Waals surface area contributed by atoms with Crippen molar-refractivity contribution in [2.45, 2.75) is 200 Å². The van der Waals surface area contributed by atoms with Crippen LogP contribution in [-0.4, -0.2) is 37.2 Å². The Hall–Kier alpha value is -4.45. The third-order valence-electron chi connectivity index (χ3n) is 9.88. The van der Waals surface area contributed by atoms with Crippen LogP contribution in [0.25, 0.3) is 0 Å². The Morgan fingerprint density at radius 3 is 1.06 bits per heavy atom. The van der Waals surface area contributed by atoms with E-state index in [1.807, 2.05) is 12.2 Å². The fourth-order valence-electron chi connectivity index (χ4n) is 6.14. The van der Waals surface area contributed by atoms with Crippen molar-refractivity contribution in [1.29, 1.82) is 0 Å². The van der Waals surface area contributed by atoms with Crippen LogP contribution in [-0.2, 0) is 28.6 Å². The predicted molar refractivity (Wildman–Crippen MR) is 274 cm³/mol. The zero-order chi connectivity index (χ0) is 46.5. The number of hydrogen-bond donors (Lipinski definition) is 0. The van der Waals surface area contributed by atoms with Crippen LogP contribution in [0.15, 0.2) is 134 Å². The summed E-state index contributed by atoms with van der Waals surface area (Å²) in [6, 6.07) is 0. The summed E-state index contributed by atoms with van der Waals surface area (Å²) >= 11 is 0. The van der Waals surface area contributed by atoms with E-state index in [0.717, 1.165) is 128 Å². The summed E-state index contributed by atoms with van der Waals surface area (Å²) in [6.45, 7) is 6.24. The summed E-state index contributed by atoms with van der Waals surface area (Å²) < 4.78 is 16.7. The topological polar surface area (TPSA) is 78.9 Å². The molecule has 0 aliphatic rings. The van der Waals surface area contributed by atoms with Crippen LogP contribution in [0.1, 0.15) is 194 Å². The van der Waals surface area contributed by atoms with Crippen LogP contribution in [0.3, 0.4) is 0 Å². The van der Waals surface area contributed by atoms with Gasteiger partial charge in [0.05, 0.1) is 0 Å². The molecule has 0 radical (unpaired) electrons. The first-order valence-corrected chi connectivity index (χ1v) is 25.2. The number of allylic oxidation sites excluding steroid dienone is 22. The summed E-state index contributed by atoms with van der Waals surface area (Å²) in [4.78, 5) is 37.9. The molecule has 0 aliphatic heterocycles. The number of carbonyl (C=O) groups is 3. The fourth-order valence-corrected chi connectivity index (χ4v) is 6.14. The van der Waals surface area contributed by atoms with Crippen molar-refractivity contribution in [3.8, 4) is 0 Å². The molecule has 1 unspecified atom stereocenters. The van der Waals surface area contributed by atoms with Gasteiger partial charge in [-0.1, -0.05) is 193 Å². The van der Waals surface area contributed by atoms with Gasteiger partial charge in [-0.05, 0) is 116 Å². The van der Waals surface area contributed by atoms with Crippen molar-refractivity contribution in [2.24, 2.45) is 0 Å². The second kappa shape index (κ2) is 51.2. The lowest BCUT2D eigenvalue weighted by Gasteiger charge is -2.18. The predicted octanol–water partition coefficient (Wildman–Crippen LogP) is 16.7. The molecule has 358 valence electrons. The van der Waals surface area contributed by atoms with Gasteiger partial charge in [0.25, 0.3) is 0 Å². The first-order valence-electron chi connectivity index (χ1n) is 25.2. The molecular formula is C58H90O6. The minimum atomic E-state index is -0.832. The zero-order valence-electron chi connectivity index (χ0n) is 40.7. The molecule has 0 N–H and O–H groups in total. The zero-order valence-corrected chi connectivity index (χ0v) is 40.7. The van der Waals surface area contributed by atoms with Gasteiger partial charge in [-0.25, -0.2) is 0 Å². The van der Waals surface area contributed by atoms with Gasteiger partial charge >= 0.3 is 17.9 Å². The van der Waals surface area contributed by atoms with Gasteiger partial charge in [0.15, 0.2) is 6.10 Å². The van der Waals surface area contributed by atoms with Crippen LogP contribution in [0.2, 0.25) is 0 Å². The molecule has 0 heterocycles. The smallest absolute Gasteiger partial charge is 0.306 e. The summed E-state index contributed by atoms with van der Waals surface area (Å²) in [5, 5.41) is 0. The van der Waals surface area contributed by atoms with Gasteiger partial charge < -0.3 is 14.2 Å². The SMILES string of the molecule is CC/C=C\C/C=C\C/C=C\C/C=C\C/C=C\C/C=C\CCC(=O)OCC(COC(=O)CCCCC/C=C\C/C=C\C/C=C\CC)OC(=O)CCCCCCC/C=C\C/C=C\CCCC. The second-order valence-corrected chi connectivity index (χ2v) is 16.0. The van der Waals surface area contributed by atoms with Gasteiger partial charge in [-0.2, -0.15) is 0 Å². The van der Waals surface area contributed by atoms with Crippen LogP contribution in [0.4, 0.5) is 0 Å². The standard InChI is InChI=1S/C58H90O6/c1-4-7-10-13-16-19-22-25-27-28-29-30-31-34-36-39-42-45-48-51-57(60)63-54-55(53-62-56(59)50-47-44-41-38-35-32-24-21-18-15-12-9-6-3)64-58(61)52-49-46-43-40-37-33-26-23-20-17-14-11-8-5-2/h7,9-10,12,14,16-19,21,23,25-27,29-30,32,34-36,42,45,55H,4-6,8,11,13,15,20,22,24,28,31,33,37-41,43-44,46-54H2,1-3H3/b10-7-,12-9-,17-14-,19-16-,21-18-,26-23-,27-25-,30-29-,35-32-,36-34-,45-42-. The van der Waals surface area contributed by atoms with Crippen molar-refractivity contribution in [3.05, 3.63) is 134 Å². The number of hydrogen-bond acceptors (Lipinski definition) is 6. The highest BCUT2D eigenvalue weighted by Crippen LogP contribution is 2.11. The first-order chi connectivity index (χ1) is 31.5. The van der Waals surface area contributed by atoms with Crippen LogP contribution in [0.5, 0.6) is 0 Å². The molecule has 0 rings (SSSR count). The Morgan fingerprint density at radius 1 is 0.328 bits per heavy atom. The maximum atomic E-state index is 12.8. The van der Waals surface area contributed by atoms with Gasteiger partial charge in [-0.3, -0.25) is 14.4 Å². The quantitative estimate of drug-likeness (QED) is 0.0263. The summed E-state index contributed by atoms with van der Waals surface area (Å²) in [5.41, 5.74) is 0. The van der Waals surface area contributed by atoms with E-state index in [0.29, 0.717) is 12.8 Å². The molecule has 0 spiro atoms. The molecule has 6 nitrogen and oxygen atoms in total. The van der Waals surface area contributed by atoms with Crippen molar-refractivity contribution < 1.29 is 28.6 Å². The molecule has 0 aromatic heterocycles. The molecule has 0 amide bonds. The third-order valence-corrected chi connectivity index (χ3v) is 9.88. The molecule has 6 heteroatoms. The van der Waals surface area contributed by atoms with Crippen molar-refractivity contribution in [3.63, 3.8) is 0 Å². The Balaban J connectivity index is 4.58. The van der Waals surface area contributed by atoms with E-state index in [-0.39, 0.29) is 44.0 Å². The normalized spacial score (nSPS) is 13.2. The highest BCUT2D eigenvalue weighted by atomic mass is 16.6. The Bertz CT molecular complexity index is 1430. The van der Waals surface area contributed by atoms with Crippen molar-refractivity contribution in [1.82, 2.24) is 0 Å². The molecule has 0 aromatic rings. The van der Waals surface area contributed by atoms with E-state index >= 15 is 0 Å². The fraction of sp³-hybridized carbons (Fsp3) is 0.569. The average molecular weight is 883 g/mol. The number of unbranched alkanes of at least 4 members (excludes halogenated alkanes) is 10. The maximum absolute atomic E-state index is 12.8. The molecule has 0 bridgehead atoms. The lowest BCUT2D eigenvalue weighted by molar-refractivity contribution is -0.166. The third kappa shape index (κ3) is 48.6. The highest BCUT2D eigenvalue weighted by Gasteiger charge is 2.19. The van der Waals surface area contributed by atoms with Crippen LogP contribution in [0, 0.1) is 0 Å². The summed E-state index contributed by atoms with van der Waals surface area (Å²) in [7, 11) is 0. The van der Waals surface area contributed by atoms with E-state index in [2.05, 4.69) is 142 Å². The summed E-state index contributed by atoms with van der Waals surface area (Å²) in [6.07, 6.45) is 71.6. The van der Waals surface area contributed by atoms with E-state index in [4.69, 9.17) is 14.2 Å². The van der Waals surface area contributed by atoms with Crippen LogP contribution < -0.4 is 0 Å². The van der Waals surface area contributed by atoms with Gasteiger partial charge in [0.2, 0.25) is 0 Å². The maximum Gasteiger partial charge on any atom is 0.306 e. The van der Waals surface area contributed by atoms with Gasteiger partial charge in [-0.15, -0.1) is 0 Å². The molecule has 0 fully saturated rings. The lowest BCUT2D eigenvalue weighted by Crippen LogP contribution is -2.30. The molecule has 64 heavy (non-hydrogen) atoms. The van der Waals surface area contributed by atoms with E-state index in [1.165, 1.54) is 19.3 Å². The Kier molecular flexibility index (Phi) is 47.6. The molecule has 0 aliphatic carbocycles. The van der Waals surface area contributed by atoms with Crippen molar-refractivity contribution >= 4 is 17.9 Å². The average Bonchev–Trinajstić information content (AvgIpc) is 3.29. The molecule has 1 atom stereocenters. The minimum Gasteiger partial charge on any atom is -0.462 e. The lowest BCUT2D eigenvalue weighted by atomic mass is 10.1. The summed E-state index contributed by atoms with van der Waals surface area (Å²) in [5.74, 6) is -1.07. The van der Waals surface area contributed by atoms with Crippen molar-refractivity contribution in [2.75, 3.05) is 13.2 Å². The Labute approximate surface area is 392 Å². The van der Waals surface area contributed by atoms with E-state index in [1.54, 1.807) is 0 Å². The first kappa shape index (κ1) is 59.5. The highest BCUT2D eigenvalue weighted by molar-refractivity contribution is 5.71. The van der Waals surface area contributed by atoms with Crippen LogP contribution >= 0.6 is 0 Å². The largest absolute Gasteiger partial charge is 0.462 e. The van der Waals surface area contributed by atoms with E-state index < -0.39 is 6.10 Å². The number of rotatable bonds is 43. The van der Waals surface area contributed by atoms with Gasteiger partial charge in [0.1, 0.15) is 13.2 Å². The number of carbonyl (C=O) groups excluding carboxylic acids is 3. The van der Waals surface area contributed by atoms with E-state index in [9.17, 15) is 14.4 Å². The monoisotopic (exact) mass is 883 g/mol. The number of esters is 3. The minimum absolute atomic E-state index is 0.127. The second-order valence-electron chi connectivity index (χ2n) is 16.0. The molecule has 0 saturated heterocycles. The molecular weight excluding hydrogens is 793 g/mol. The molecule has 0 aromatic carbocycles. The number of ether oxygens (including phenoxy) is 3. The molecule has 0 saturated carbocycles. The Morgan fingerprint density at radius 2 is 0.641 bits per heavy atom.